The number of methoxy groups -OCH3 is 1. The molecule has 1 aromatic rings. The molecule has 6 heteroatoms. The zero-order chi connectivity index (χ0) is 14.5. The third kappa shape index (κ3) is 3.80. The molecule has 1 amide bonds. The maximum Gasteiger partial charge on any atom is 0.307 e. The number of nitrogens with two attached hydrogens (primary N) is 1. The fraction of sp³-hybridized carbons (Fsp3) is 0.571. The number of rotatable bonds is 5. The van der Waals surface area contributed by atoms with Gasteiger partial charge in [-0.15, -0.1) is 11.3 Å². The minimum Gasteiger partial charge on any atom is -0.469 e. The predicted molar refractivity (Wildman–Crippen MR) is 77.5 cm³/mol. The minimum absolute atomic E-state index is 0.161. The first-order chi connectivity index (χ1) is 9.60. The summed E-state index contributed by atoms with van der Waals surface area (Å²) in [7, 11) is 1.42. The van der Waals surface area contributed by atoms with Gasteiger partial charge in [0.15, 0.2) is 0 Å². The van der Waals surface area contributed by atoms with Gasteiger partial charge in [0.25, 0.3) is 0 Å². The molecule has 1 atom stereocenters. The van der Waals surface area contributed by atoms with Gasteiger partial charge >= 0.3 is 5.97 Å². The van der Waals surface area contributed by atoms with Crippen molar-refractivity contribution in [3.8, 4) is 0 Å². The highest BCUT2D eigenvalue weighted by Crippen LogP contribution is 2.24. The number of nitrogens with zero attached hydrogens (tertiary/aromatic N) is 1. The number of primary amides is 1. The summed E-state index contributed by atoms with van der Waals surface area (Å²) < 4.78 is 4.76. The van der Waals surface area contributed by atoms with E-state index in [4.69, 9.17) is 10.5 Å². The summed E-state index contributed by atoms with van der Waals surface area (Å²) in [4.78, 5) is 26.0. The highest BCUT2D eigenvalue weighted by atomic mass is 32.1. The topological polar surface area (TPSA) is 72.6 Å². The molecule has 1 saturated heterocycles. The van der Waals surface area contributed by atoms with Crippen molar-refractivity contribution in [1.82, 2.24) is 4.90 Å². The summed E-state index contributed by atoms with van der Waals surface area (Å²) in [5, 5.41) is 1.79. The smallest absolute Gasteiger partial charge is 0.307 e. The molecule has 0 spiro atoms. The van der Waals surface area contributed by atoms with Gasteiger partial charge in [-0.3, -0.25) is 14.5 Å². The molecule has 0 radical (unpaired) electrons. The van der Waals surface area contributed by atoms with Crippen LogP contribution >= 0.6 is 11.3 Å². The molecule has 1 aliphatic rings. The van der Waals surface area contributed by atoms with Gasteiger partial charge in [0.05, 0.1) is 19.1 Å². The Hall–Kier alpha value is -1.40. The zero-order valence-corrected chi connectivity index (χ0v) is 12.4. The largest absolute Gasteiger partial charge is 0.469 e. The van der Waals surface area contributed by atoms with Gasteiger partial charge in [-0.1, -0.05) is 6.42 Å². The Morgan fingerprint density at radius 3 is 2.95 bits per heavy atom. The Balaban J connectivity index is 2.00. The monoisotopic (exact) mass is 296 g/mol. The molecule has 2 heterocycles. The molecule has 1 aromatic heterocycles. The van der Waals surface area contributed by atoms with E-state index >= 15 is 0 Å². The van der Waals surface area contributed by atoms with Crippen molar-refractivity contribution in [2.24, 2.45) is 5.73 Å². The maximum atomic E-state index is 11.5. The first-order valence-electron chi connectivity index (χ1n) is 6.78. The molecule has 2 rings (SSSR count). The van der Waals surface area contributed by atoms with Gasteiger partial charge in [0, 0.05) is 22.8 Å². The number of ether oxygens (including phenoxy) is 1. The van der Waals surface area contributed by atoms with E-state index in [0.29, 0.717) is 12.0 Å². The first-order valence-corrected chi connectivity index (χ1v) is 7.66. The molecule has 5 nitrogen and oxygen atoms in total. The van der Waals surface area contributed by atoms with Crippen LogP contribution in [0.1, 0.15) is 40.9 Å². The lowest BCUT2D eigenvalue weighted by atomic mass is 9.99. The summed E-state index contributed by atoms with van der Waals surface area (Å²) in [6.45, 7) is 1.74. The van der Waals surface area contributed by atoms with Crippen molar-refractivity contribution in [2.75, 3.05) is 13.7 Å². The van der Waals surface area contributed by atoms with Crippen LogP contribution in [0.25, 0.3) is 0 Å². The van der Waals surface area contributed by atoms with Crippen molar-refractivity contribution in [2.45, 2.75) is 38.3 Å². The Morgan fingerprint density at radius 2 is 2.30 bits per heavy atom. The van der Waals surface area contributed by atoms with Gasteiger partial charge in [-0.2, -0.15) is 0 Å². The van der Waals surface area contributed by atoms with Crippen LogP contribution in [0.4, 0.5) is 0 Å². The quantitative estimate of drug-likeness (QED) is 0.840. The van der Waals surface area contributed by atoms with Crippen LogP contribution in [0.3, 0.4) is 0 Å². The molecule has 0 bridgehead atoms. The average Bonchev–Trinajstić information content (AvgIpc) is 2.89. The summed E-state index contributed by atoms with van der Waals surface area (Å²) in [6.07, 6.45) is 3.74. The van der Waals surface area contributed by atoms with E-state index in [1.165, 1.54) is 18.4 Å². The number of carbonyl (C=O) groups excluding carboxylic acids is 2. The van der Waals surface area contributed by atoms with E-state index in [2.05, 4.69) is 4.90 Å². The normalized spacial score (nSPS) is 19.8. The molecule has 2 N–H and O–H groups in total. The molecule has 0 unspecified atom stereocenters. The van der Waals surface area contributed by atoms with Gasteiger partial charge in [0.2, 0.25) is 5.91 Å². The van der Waals surface area contributed by atoms with Crippen molar-refractivity contribution in [3.63, 3.8) is 0 Å². The van der Waals surface area contributed by atoms with E-state index in [1.807, 2.05) is 6.07 Å². The van der Waals surface area contributed by atoms with Gasteiger partial charge < -0.3 is 10.5 Å². The van der Waals surface area contributed by atoms with Crippen molar-refractivity contribution >= 4 is 23.2 Å². The van der Waals surface area contributed by atoms with Crippen LogP contribution in [0.5, 0.6) is 0 Å². The lowest BCUT2D eigenvalue weighted by molar-refractivity contribution is -0.142. The summed E-state index contributed by atoms with van der Waals surface area (Å²) in [5.74, 6) is -0.553. The fourth-order valence-corrected chi connectivity index (χ4v) is 3.47. The van der Waals surface area contributed by atoms with Crippen LogP contribution in [-0.4, -0.2) is 36.5 Å². The molecule has 1 fully saturated rings. The lowest BCUT2D eigenvalue weighted by Crippen LogP contribution is -2.40. The van der Waals surface area contributed by atoms with Gasteiger partial charge in [-0.25, -0.2) is 0 Å². The standard InChI is InChI=1S/C14H20N2O3S/c1-19-13(17)7-11-4-2-3-5-16(11)8-12-6-10(9-20-12)14(15)18/h6,9,11H,2-5,7-8H2,1H3,(H2,15,18)/t11-/m1/s1. The zero-order valence-electron chi connectivity index (χ0n) is 11.6. The number of likely N-dealkylation sites (tertiary alicyclic amines) is 1. The molecule has 0 saturated carbocycles. The number of amides is 1. The van der Waals surface area contributed by atoms with Crippen molar-refractivity contribution in [3.05, 3.63) is 21.9 Å². The number of hydrogen-bond acceptors (Lipinski definition) is 5. The Labute approximate surface area is 122 Å². The molecular formula is C14H20N2O3S. The SMILES string of the molecule is COC(=O)C[C@H]1CCCCN1Cc1cc(C(N)=O)cs1. The van der Waals surface area contributed by atoms with Crippen LogP contribution in [0.2, 0.25) is 0 Å². The van der Waals surface area contributed by atoms with Crippen LogP contribution in [0, 0.1) is 0 Å². The number of carbonyl (C=O) groups is 2. The van der Waals surface area contributed by atoms with Crippen LogP contribution < -0.4 is 5.73 Å². The van der Waals surface area contributed by atoms with Crippen molar-refractivity contribution < 1.29 is 14.3 Å². The molecule has 20 heavy (non-hydrogen) atoms. The highest BCUT2D eigenvalue weighted by molar-refractivity contribution is 7.10. The fourth-order valence-electron chi connectivity index (χ4n) is 2.57. The van der Waals surface area contributed by atoms with E-state index in [-0.39, 0.29) is 12.0 Å². The molecule has 1 aliphatic heterocycles. The first kappa shape index (κ1) is 15.0. The summed E-state index contributed by atoms with van der Waals surface area (Å²) in [5.41, 5.74) is 5.83. The molecular weight excluding hydrogens is 276 g/mol. The van der Waals surface area contributed by atoms with E-state index in [1.54, 1.807) is 5.38 Å². The van der Waals surface area contributed by atoms with Crippen LogP contribution in [0.15, 0.2) is 11.4 Å². The minimum atomic E-state index is -0.391. The maximum absolute atomic E-state index is 11.5. The molecule has 0 aromatic carbocycles. The number of esters is 1. The van der Waals surface area contributed by atoms with E-state index in [0.717, 1.165) is 37.2 Å². The Bertz CT molecular complexity index is 487. The van der Waals surface area contributed by atoms with Crippen LogP contribution in [-0.2, 0) is 16.1 Å². The highest BCUT2D eigenvalue weighted by Gasteiger charge is 2.25. The number of piperidine rings is 1. The number of hydrogen-bond donors (Lipinski definition) is 1. The average molecular weight is 296 g/mol. The predicted octanol–water partition coefficient (Wildman–Crippen LogP) is 1.76. The third-order valence-electron chi connectivity index (χ3n) is 3.68. The molecule has 110 valence electrons. The molecule has 0 aliphatic carbocycles. The number of thiophene rings is 1. The Kier molecular flexibility index (Phi) is 5.14. The Morgan fingerprint density at radius 1 is 1.50 bits per heavy atom. The summed E-state index contributed by atoms with van der Waals surface area (Å²) >= 11 is 1.54. The van der Waals surface area contributed by atoms with E-state index < -0.39 is 5.91 Å². The van der Waals surface area contributed by atoms with Gasteiger partial charge in [-0.05, 0) is 25.5 Å². The van der Waals surface area contributed by atoms with E-state index in [9.17, 15) is 9.59 Å². The lowest BCUT2D eigenvalue weighted by Gasteiger charge is -2.34. The second-order valence-electron chi connectivity index (χ2n) is 5.07. The second kappa shape index (κ2) is 6.85. The summed E-state index contributed by atoms with van der Waals surface area (Å²) in [6, 6.07) is 2.08. The third-order valence-corrected chi connectivity index (χ3v) is 4.60. The van der Waals surface area contributed by atoms with Crippen molar-refractivity contribution in [1.29, 1.82) is 0 Å². The van der Waals surface area contributed by atoms with Gasteiger partial charge in [0.1, 0.15) is 0 Å². The second-order valence-corrected chi connectivity index (χ2v) is 6.06.